The second kappa shape index (κ2) is 8.47. The molecular weight excluding hydrogens is 414 g/mol. The van der Waals surface area contributed by atoms with E-state index in [1.165, 1.54) is 0 Å². The first-order valence-corrected chi connectivity index (χ1v) is 10.7. The van der Waals surface area contributed by atoms with Gasteiger partial charge in [0.15, 0.2) is 11.5 Å². The molecule has 2 aromatic carbocycles. The number of allylic oxidation sites excluding steroid dienone is 1. The molecule has 1 atom stereocenters. The van der Waals surface area contributed by atoms with Crippen molar-refractivity contribution in [2.75, 3.05) is 21.3 Å². The molecular formula is C27H25N3O3. The van der Waals surface area contributed by atoms with Crippen LogP contribution in [-0.4, -0.2) is 36.5 Å². The number of rotatable bonds is 6. The Hall–Kier alpha value is -4.06. The van der Waals surface area contributed by atoms with Gasteiger partial charge in [-0.2, -0.15) is 5.10 Å². The summed E-state index contributed by atoms with van der Waals surface area (Å²) in [6.45, 7) is 0. The van der Waals surface area contributed by atoms with E-state index in [0.717, 1.165) is 33.6 Å². The zero-order chi connectivity index (χ0) is 22.8. The maximum Gasteiger partial charge on any atom is 0.203 e. The Morgan fingerprint density at radius 2 is 1.61 bits per heavy atom. The van der Waals surface area contributed by atoms with Gasteiger partial charge in [-0.15, -0.1) is 0 Å². The van der Waals surface area contributed by atoms with Crippen LogP contribution in [0.2, 0.25) is 0 Å². The van der Waals surface area contributed by atoms with Crippen LogP contribution in [-0.2, 0) is 11.8 Å². The van der Waals surface area contributed by atoms with Crippen LogP contribution >= 0.6 is 0 Å². The molecule has 4 aromatic rings. The zero-order valence-electron chi connectivity index (χ0n) is 18.8. The zero-order valence-corrected chi connectivity index (χ0v) is 18.8. The second-order valence-corrected chi connectivity index (χ2v) is 7.93. The van der Waals surface area contributed by atoms with Gasteiger partial charge in [0.1, 0.15) is 0 Å². The Morgan fingerprint density at radius 3 is 2.30 bits per heavy atom. The van der Waals surface area contributed by atoms with Crippen molar-refractivity contribution in [2.24, 2.45) is 0 Å². The SMILES string of the molecule is COc1ccc(C2(c3ccccc3)C=Cc3c(-c4ccncc4)n[nH]c3C2)c(OC)c1OC. The van der Waals surface area contributed by atoms with E-state index >= 15 is 0 Å². The number of nitrogens with zero attached hydrogens (tertiary/aromatic N) is 2. The molecule has 6 nitrogen and oxygen atoms in total. The molecule has 0 amide bonds. The van der Waals surface area contributed by atoms with Gasteiger partial charge in [-0.1, -0.05) is 48.6 Å². The van der Waals surface area contributed by atoms with Crippen LogP contribution in [0.15, 0.2) is 73.1 Å². The average Bonchev–Trinajstić information content (AvgIpc) is 3.31. The van der Waals surface area contributed by atoms with Crippen LogP contribution in [0.4, 0.5) is 0 Å². The summed E-state index contributed by atoms with van der Waals surface area (Å²) in [7, 11) is 4.92. The maximum atomic E-state index is 5.90. The molecule has 1 aliphatic carbocycles. The fourth-order valence-electron chi connectivity index (χ4n) is 4.72. The van der Waals surface area contributed by atoms with Crippen molar-refractivity contribution < 1.29 is 14.2 Å². The summed E-state index contributed by atoms with van der Waals surface area (Å²) >= 11 is 0. The lowest BCUT2D eigenvalue weighted by Gasteiger charge is -2.36. The highest BCUT2D eigenvalue weighted by molar-refractivity contribution is 5.77. The molecule has 0 fully saturated rings. The van der Waals surface area contributed by atoms with Crippen molar-refractivity contribution in [2.45, 2.75) is 11.8 Å². The van der Waals surface area contributed by atoms with Crippen molar-refractivity contribution >= 4 is 6.08 Å². The lowest BCUT2D eigenvalue weighted by atomic mass is 9.68. The molecule has 2 heterocycles. The number of ether oxygens (including phenoxy) is 3. The molecule has 0 saturated heterocycles. The number of pyridine rings is 1. The standard InChI is InChI=1S/C27H25N3O3/c1-31-23-10-9-21(25(32-2)26(23)33-3)27(19-7-5-4-6-8-19)14-11-20-22(17-27)29-30-24(20)18-12-15-28-16-13-18/h4-16H,17H2,1-3H3,(H,29,30). The van der Waals surface area contributed by atoms with E-state index < -0.39 is 5.41 Å². The highest BCUT2D eigenvalue weighted by Crippen LogP contribution is 2.50. The number of aromatic amines is 1. The lowest BCUT2D eigenvalue weighted by Crippen LogP contribution is -2.31. The van der Waals surface area contributed by atoms with Gasteiger partial charge in [-0.3, -0.25) is 10.1 Å². The number of hydrogen-bond donors (Lipinski definition) is 1. The molecule has 0 radical (unpaired) electrons. The molecule has 0 aliphatic heterocycles. The van der Waals surface area contributed by atoms with Crippen molar-refractivity contribution in [1.29, 1.82) is 0 Å². The molecule has 166 valence electrons. The van der Waals surface area contributed by atoms with Crippen molar-refractivity contribution in [3.05, 3.63) is 95.5 Å². The second-order valence-electron chi connectivity index (χ2n) is 7.93. The molecule has 0 spiro atoms. The van der Waals surface area contributed by atoms with Gasteiger partial charge >= 0.3 is 0 Å². The van der Waals surface area contributed by atoms with Gasteiger partial charge in [-0.25, -0.2) is 0 Å². The van der Waals surface area contributed by atoms with Gasteiger partial charge in [0, 0.05) is 46.6 Å². The summed E-state index contributed by atoms with van der Waals surface area (Å²) in [6.07, 6.45) is 8.65. The highest BCUT2D eigenvalue weighted by Gasteiger charge is 2.40. The summed E-state index contributed by atoms with van der Waals surface area (Å²) in [5.74, 6) is 1.86. The highest BCUT2D eigenvalue weighted by atomic mass is 16.5. The van der Waals surface area contributed by atoms with E-state index in [1.807, 2.05) is 24.3 Å². The minimum absolute atomic E-state index is 0.485. The first kappa shape index (κ1) is 20.8. The number of H-pyrrole nitrogens is 1. The van der Waals surface area contributed by atoms with E-state index in [0.29, 0.717) is 23.7 Å². The van der Waals surface area contributed by atoms with Gasteiger partial charge in [0.05, 0.1) is 27.0 Å². The predicted octanol–water partition coefficient (Wildman–Crippen LogP) is 5.05. The third kappa shape index (κ3) is 3.35. The minimum atomic E-state index is -0.485. The van der Waals surface area contributed by atoms with Gasteiger partial charge in [0.25, 0.3) is 0 Å². The largest absolute Gasteiger partial charge is 0.493 e. The quantitative estimate of drug-likeness (QED) is 0.455. The summed E-state index contributed by atoms with van der Waals surface area (Å²) in [5, 5.41) is 7.93. The van der Waals surface area contributed by atoms with Crippen LogP contribution in [0.1, 0.15) is 22.4 Å². The maximum absolute atomic E-state index is 5.90. The smallest absolute Gasteiger partial charge is 0.203 e. The minimum Gasteiger partial charge on any atom is -0.493 e. The number of nitrogens with one attached hydrogen (secondary N) is 1. The van der Waals surface area contributed by atoms with Crippen molar-refractivity contribution in [3.8, 4) is 28.5 Å². The third-order valence-corrected chi connectivity index (χ3v) is 6.30. The lowest BCUT2D eigenvalue weighted by molar-refractivity contribution is 0.319. The van der Waals surface area contributed by atoms with Crippen molar-refractivity contribution in [3.63, 3.8) is 0 Å². The number of aromatic nitrogens is 3. The molecule has 1 unspecified atom stereocenters. The first-order valence-electron chi connectivity index (χ1n) is 10.7. The summed E-state index contributed by atoms with van der Waals surface area (Å²) in [5.41, 5.74) is 5.76. The third-order valence-electron chi connectivity index (χ3n) is 6.30. The molecule has 1 aliphatic rings. The van der Waals surface area contributed by atoms with Crippen LogP contribution in [0.3, 0.4) is 0 Å². The van der Waals surface area contributed by atoms with E-state index in [4.69, 9.17) is 14.2 Å². The molecule has 1 N–H and O–H groups in total. The first-order chi connectivity index (χ1) is 16.2. The summed E-state index contributed by atoms with van der Waals surface area (Å²) in [6, 6.07) is 18.4. The molecule has 6 heteroatoms. The number of fused-ring (bicyclic) bond motifs is 1. The number of methoxy groups -OCH3 is 3. The number of hydrogen-bond acceptors (Lipinski definition) is 5. The Kier molecular flexibility index (Phi) is 5.34. The Bertz CT molecular complexity index is 1300. The Balaban J connectivity index is 1.72. The molecule has 0 bridgehead atoms. The summed E-state index contributed by atoms with van der Waals surface area (Å²) < 4.78 is 17.1. The molecule has 0 saturated carbocycles. The van der Waals surface area contributed by atoms with Crippen LogP contribution in [0, 0.1) is 0 Å². The van der Waals surface area contributed by atoms with Gasteiger partial charge in [-0.05, 0) is 23.8 Å². The fourth-order valence-corrected chi connectivity index (χ4v) is 4.72. The topological polar surface area (TPSA) is 69.3 Å². The average molecular weight is 440 g/mol. The monoisotopic (exact) mass is 439 g/mol. The van der Waals surface area contributed by atoms with E-state index in [9.17, 15) is 0 Å². The van der Waals surface area contributed by atoms with Crippen molar-refractivity contribution in [1.82, 2.24) is 15.2 Å². The summed E-state index contributed by atoms with van der Waals surface area (Å²) in [4.78, 5) is 4.13. The normalized spacial score (nSPS) is 16.8. The van der Waals surface area contributed by atoms with Gasteiger partial charge < -0.3 is 14.2 Å². The van der Waals surface area contributed by atoms with E-state index in [2.05, 4.69) is 57.7 Å². The van der Waals surface area contributed by atoms with Crippen LogP contribution in [0.25, 0.3) is 17.3 Å². The van der Waals surface area contributed by atoms with Crippen LogP contribution in [0.5, 0.6) is 17.2 Å². The predicted molar refractivity (Wildman–Crippen MR) is 128 cm³/mol. The van der Waals surface area contributed by atoms with E-state index in [1.54, 1.807) is 33.7 Å². The molecule has 33 heavy (non-hydrogen) atoms. The Labute approximate surface area is 192 Å². The van der Waals surface area contributed by atoms with E-state index in [-0.39, 0.29) is 0 Å². The Morgan fingerprint density at radius 1 is 0.848 bits per heavy atom. The fraction of sp³-hybridized carbons (Fsp3) is 0.185. The van der Waals surface area contributed by atoms with Crippen LogP contribution < -0.4 is 14.2 Å². The molecule has 2 aromatic heterocycles. The number of benzene rings is 2. The van der Waals surface area contributed by atoms with Gasteiger partial charge in [0.2, 0.25) is 5.75 Å². The molecule has 5 rings (SSSR count).